The molecule has 0 aliphatic carbocycles. The number of alkyl halides is 1. The largest absolute Gasteiger partial charge is 0.337 e. The van der Waals surface area contributed by atoms with Crippen molar-refractivity contribution in [3.63, 3.8) is 0 Å². The third-order valence-electron chi connectivity index (χ3n) is 3.35. The lowest BCUT2D eigenvalue weighted by atomic mass is 10.3. The van der Waals surface area contributed by atoms with Crippen molar-refractivity contribution in [3.05, 3.63) is 41.9 Å². The van der Waals surface area contributed by atoms with Gasteiger partial charge in [-0.15, -0.1) is 11.6 Å². The Bertz CT molecular complexity index is 743. The van der Waals surface area contributed by atoms with Gasteiger partial charge in [0, 0.05) is 37.4 Å². The van der Waals surface area contributed by atoms with E-state index >= 15 is 0 Å². The van der Waals surface area contributed by atoms with Crippen LogP contribution >= 0.6 is 11.6 Å². The van der Waals surface area contributed by atoms with Crippen molar-refractivity contribution in [2.75, 3.05) is 5.88 Å². The molecule has 5 nitrogen and oxygen atoms in total. The number of nitrogens with zero attached hydrogens (tertiary/aromatic N) is 5. The van der Waals surface area contributed by atoms with Crippen molar-refractivity contribution >= 4 is 22.8 Å². The van der Waals surface area contributed by atoms with Gasteiger partial charge in [0.25, 0.3) is 0 Å². The van der Waals surface area contributed by atoms with Crippen molar-refractivity contribution in [1.29, 1.82) is 0 Å². The topological polar surface area (TPSA) is 48.5 Å². The summed E-state index contributed by atoms with van der Waals surface area (Å²) in [6.07, 6.45) is 4.46. The summed E-state index contributed by atoms with van der Waals surface area (Å²) in [4.78, 5) is 13.6. The number of halogens is 1. The van der Waals surface area contributed by atoms with Gasteiger partial charge in [-0.05, 0) is 19.1 Å². The molecule has 104 valence electrons. The monoisotopic (exact) mass is 289 g/mol. The molecule has 0 aliphatic heterocycles. The summed E-state index contributed by atoms with van der Waals surface area (Å²) < 4.78 is 4.11. The average Bonchev–Trinajstić information content (AvgIpc) is 2.96. The Hall–Kier alpha value is -1.88. The highest BCUT2D eigenvalue weighted by Crippen LogP contribution is 2.17. The highest BCUT2D eigenvalue weighted by molar-refractivity contribution is 6.17. The summed E-state index contributed by atoms with van der Waals surface area (Å²) in [5, 5.41) is 0. The number of pyridine rings is 1. The summed E-state index contributed by atoms with van der Waals surface area (Å²) in [6.45, 7) is 2.64. The molecule has 0 aliphatic rings. The Balaban J connectivity index is 2.12. The van der Waals surface area contributed by atoms with Gasteiger partial charge < -0.3 is 9.13 Å². The maximum Gasteiger partial charge on any atom is 0.160 e. The first-order chi connectivity index (χ1) is 9.69. The molecule has 3 rings (SSSR count). The normalized spacial score (nSPS) is 11.3. The molecule has 6 heteroatoms. The molecule has 0 atom stereocenters. The molecule has 0 saturated carbocycles. The van der Waals surface area contributed by atoms with E-state index in [0.29, 0.717) is 12.4 Å². The van der Waals surface area contributed by atoms with Crippen LogP contribution in [0.25, 0.3) is 11.2 Å². The van der Waals surface area contributed by atoms with E-state index in [1.807, 2.05) is 36.9 Å². The van der Waals surface area contributed by atoms with Crippen molar-refractivity contribution in [2.45, 2.75) is 19.9 Å². The van der Waals surface area contributed by atoms with Gasteiger partial charge >= 0.3 is 0 Å². The van der Waals surface area contributed by atoms with Crippen molar-refractivity contribution < 1.29 is 0 Å². The molecule has 0 N–H and O–H groups in total. The third kappa shape index (κ3) is 2.29. The van der Waals surface area contributed by atoms with Crippen molar-refractivity contribution in [1.82, 2.24) is 24.1 Å². The molecular formula is C14H16ClN5. The fourth-order valence-electron chi connectivity index (χ4n) is 2.27. The molecule has 0 unspecified atom stereocenters. The Morgan fingerprint density at radius 3 is 2.75 bits per heavy atom. The first-order valence-electron chi connectivity index (χ1n) is 6.54. The van der Waals surface area contributed by atoms with E-state index in [9.17, 15) is 0 Å². The van der Waals surface area contributed by atoms with E-state index in [1.165, 1.54) is 0 Å². The average molecular weight is 290 g/mol. The van der Waals surface area contributed by atoms with Gasteiger partial charge in [0.15, 0.2) is 5.65 Å². The van der Waals surface area contributed by atoms with Gasteiger partial charge in [0.2, 0.25) is 0 Å². The number of rotatable bonds is 4. The van der Waals surface area contributed by atoms with Crippen LogP contribution in [0.3, 0.4) is 0 Å². The van der Waals surface area contributed by atoms with Crippen LogP contribution in [0, 0.1) is 6.92 Å². The van der Waals surface area contributed by atoms with Gasteiger partial charge in [-0.1, -0.05) is 0 Å². The first kappa shape index (κ1) is 13.1. The van der Waals surface area contributed by atoms with Gasteiger partial charge in [0.1, 0.15) is 17.2 Å². The zero-order valence-corrected chi connectivity index (χ0v) is 12.3. The van der Waals surface area contributed by atoms with Crippen LogP contribution in [0.15, 0.2) is 24.5 Å². The van der Waals surface area contributed by atoms with Crippen molar-refractivity contribution in [3.8, 4) is 0 Å². The highest BCUT2D eigenvalue weighted by atomic mass is 35.5. The van der Waals surface area contributed by atoms with E-state index in [-0.39, 0.29) is 0 Å². The Kier molecular flexibility index (Phi) is 3.44. The maximum absolute atomic E-state index is 5.89. The van der Waals surface area contributed by atoms with Crippen LogP contribution in [0.1, 0.15) is 17.3 Å². The molecule has 0 radical (unpaired) electrons. The van der Waals surface area contributed by atoms with Crippen LogP contribution < -0.4 is 0 Å². The minimum atomic E-state index is 0.545. The SMILES string of the molecule is Cc1ccc2nc(CCCl)n(Cc3nccn3C)c2n1. The van der Waals surface area contributed by atoms with Gasteiger partial charge in [-0.2, -0.15) is 0 Å². The smallest absolute Gasteiger partial charge is 0.160 e. The molecule has 0 amide bonds. The fraction of sp³-hybridized carbons (Fsp3) is 0.357. The molecule has 20 heavy (non-hydrogen) atoms. The number of fused-ring (bicyclic) bond motifs is 1. The second-order valence-corrected chi connectivity index (χ2v) is 5.18. The molecule has 0 fully saturated rings. The Morgan fingerprint density at radius 1 is 1.20 bits per heavy atom. The number of hydrogen-bond acceptors (Lipinski definition) is 3. The zero-order chi connectivity index (χ0) is 14.1. The molecule has 0 bridgehead atoms. The summed E-state index contributed by atoms with van der Waals surface area (Å²) in [7, 11) is 1.99. The minimum absolute atomic E-state index is 0.545. The molecule has 0 aromatic carbocycles. The van der Waals surface area contributed by atoms with Crippen LogP contribution in [0.5, 0.6) is 0 Å². The lowest BCUT2D eigenvalue weighted by molar-refractivity contribution is 0.678. The number of aromatic nitrogens is 5. The molecule has 0 saturated heterocycles. The van der Waals surface area contributed by atoms with Crippen LogP contribution in [0.2, 0.25) is 0 Å². The Labute approximate surface area is 122 Å². The number of aryl methyl sites for hydroxylation is 3. The summed E-state index contributed by atoms with van der Waals surface area (Å²) >= 11 is 5.89. The maximum atomic E-state index is 5.89. The number of hydrogen-bond donors (Lipinski definition) is 0. The highest BCUT2D eigenvalue weighted by Gasteiger charge is 2.13. The summed E-state index contributed by atoms with van der Waals surface area (Å²) in [6, 6.07) is 3.98. The molecule has 3 aromatic rings. The second-order valence-electron chi connectivity index (χ2n) is 4.80. The van der Waals surface area contributed by atoms with E-state index in [1.54, 1.807) is 6.20 Å². The van der Waals surface area contributed by atoms with E-state index < -0.39 is 0 Å². The van der Waals surface area contributed by atoms with Gasteiger partial charge in [-0.3, -0.25) is 0 Å². The molecule has 3 aromatic heterocycles. The number of imidazole rings is 2. The van der Waals surface area contributed by atoms with Crippen LogP contribution in [-0.4, -0.2) is 30.0 Å². The quantitative estimate of drug-likeness (QED) is 0.693. The summed E-state index contributed by atoms with van der Waals surface area (Å²) in [5.74, 6) is 2.47. The van der Waals surface area contributed by atoms with Gasteiger partial charge in [0.05, 0.1) is 6.54 Å². The predicted octanol–water partition coefficient (Wildman–Crippen LogP) is 2.30. The minimum Gasteiger partial charge on any atom is -0.337 e. The van der Waals surface area contributed by atoms with Crippen LogP contribution in [0.4, 0.5) is 0 Å². The molecule has 0 spiro atoms. The standard InChI is InChI=1S/C14H16ClN5/c1-10-3-4-11-14(17-10)20(12(18-11)5-6-15)9-13-16-7-8-19(13)2/h3-4,7-8H,5-6,9H2,1-2H3. The fourth-order valence-corrected chi connectivity index (χ4v) is 2.44. The van der Waals surface area contributed by atoms with E-state index in [0.717, 1.165) is 34.9 Å². The predicted molar refractivity (Wildman–Crippen MR) is 79.0 cm³/mol. The first-order valence-corrected chi connectivity index (χ1v) is 7.07. The van der Waals surface area contributed by atoms with Crippen molar-refractivity contribution in [2.24, 2.45) is 7.05 Å². The molecular weight excluding hydrogens is 274 g/mol. The lowest BCUT2D eigenvalue weighted by Gasteiger charge is -2.08. The summed E-state index contributed by atoms with van der Waals surface area (Å²) in [5.41, 5.74) is 2.79. The van der Waals surface area contributed by atoms with E-state index in [4.69, 9.17) is 11.6 Å². The zero-order valence-electron chi connectivity index (χ0n) is 11.5. The Morgan fingerprint density at radius 2 is 2.05 bits per heavy atom. The molecule has 3 heterocycles. The van der Waals surface area contributed by atoms with E-state index in [2.05, 4.69) is 19.5 Å². The van der Waals surface area contributed by atoms with Crippen LogP contribution in [-0.2, 0) is 20.0 Å². The lowest BCUT2D eigenvalue weighted by Crippen LogP contribution is -2.10. The third-order valence-corrected chi connectivity index (χ3v) is 3.54. The second kappa shape index (κ2) is 5.25. The van der Waals surface area contributed by atoms with Gasteiger partial charge in [-0.25, -0.2) is 15.0 Å².